The normalized spacial score (nSPS) is 20.9. The number of aliphatic imine (C=N–C) groups is 1. The minimum Gasteiger partial charge on any atom is -0.387 e. The summed E-state index contributed by atoms with van der Waals surface area (Å²) in [5.74, 6) is 0.756. The predicted octanol–water partition coefficient (Wildman–Crippen LogP) is 4.64. The lowest BCUT2D eigenvalue weighted by Crippen LogP contribution is -2.60. The van der Waals surface area contributed by atoms with Crippen LogP contribution in [-0.4, -0.2) is 112 Å². The number of amidine groups is 1. The lowest BCUT2D eigenvalue weighted by atomic mass is 9.72. The number of nitrogens with one attached hydrogen (secondary N) is 2. The number of fused-ring (bicyclic) bond motifs is 1. The molecular formula is C40H46N12O2S. The molecule has 14 nitrogen and oxygen atoms in total. The maximum absolute atomic E-state index is 12.2. The number of allylic oxidation sites excluding steroid dienone is 1. The summed E-state index contributed by atoms with van der Waals surface area (Å²) < 4.78 is 1.80. The van der Waals surface area contributed by atoms with Gasteiger partial charge in [0.15, 0.2) is 5.01 Å². The standard InChI is InChI=1S/C40H46N12O2S/c1-26(30-6-9-36(53)46-37(30)54)4-8-35(43-3)50-14-10-27(11-15-50)23-49-16-12-40(13-17-49)24-51(25-40)39-48-47-38(55-39)31-22-44-33(19-32(31)42-2)34-7-5-29-18-28(20-41)21-45-52(29)34/h4-5,7-8,18-19,21-22,27,30H,1,6,9-17,23-25H2,2-3H3,(H,42,44)(H,46,53,54)/b8-4-,43-35?/t30-/m0/s1. The molecule has 0 aromatic carbocycles. The molecule has 0 aliphatic carbocycles. The fourth-order valence-corrected chi connectivity index (χ4v) is 9.35. The third-order valence-electron chi connectivity index (χ3n) is 11.8. The molecule has 2 amide bonds. The Morgan fingerprint density at radius 2 is 1.91 bits per heavy atom. The zero-order chi connectivity index (χ0) is 38.1. The van der Waals surface area contributed by atoms with Crippen LogP contribution in [0.1, 0.15) is 44.1 Å². The SMILES string of the molecule is C=C(/C=C\C(=NC)N1CCC(CN2CCC3(CC2)CN(c2nnc(-c4cnc(-c5ccc6cc(C#N)cnn56)cc4NC)s2)C3)CC1)[C@@H]1CCC(=O)NC1=O. The van der Waals surface area contributed by atoms with Crippen molar-refractivity contribution < 1.29 is 9.59 Å². The highest BCUT2D eigenvalue weighted by Crippen LogP contribution is 2.45. The Kier molecular flexibility index (Phi) is 10.2. The van der Waals surface area contributed by atoms with Crippen LogP contribution < -0.4 is 15.5 Å². The second kappa shape index (κ2) is 15.3. The van der Waals surface area contributed by atoms with Gasteiger partial charge in [0.1, 0.15) is 11.9 Å². The molecule has 0 saturated carbocycles. The molecular weight excluding hydrogens is 713 g/mol. The molecule has 4 aromatic rings. The largest absolute Gasteiger partial charge is 0.387 e. The number of hydrogen-bond acceptors (Lipinski definition) is 12. The lowest BCUT2D eigenvalue weighted by Gasteiger charge is -2.54. The van der Waals surface area contributed by atoms with Gasteiger partial charge in [-0.15, -0.1) is 10.2 Å². The van der Waals surface area contributed by atoms with Crippen molar-refractivity contribution in [2.75, 3.05) is 70.1 Å². The van der Waals surface area contributed by atoms with E-state index in [9.17, 15) is 14.9 Å². The third kappa shape index (κ3) is 7.48. The quantitative estimate of drug-likeness (QED) is 0.106. The number of imide groups is 1. The van der Waals surface area contributed by atoms with Gasteiger partial charge in [-0.05, 0) is 87.0 Å². The Hall–Kier alpha value is -5.46. The second-order valence-electron chi connectivity index (χ2n) is 15.2. The molecule has 1 spiro atoms. The monoisotopic (exact) mass is 758 g/mol. The maximum atomic E-state index is 12.2. The van der Waals surface area contributed by atoms with Crippen LogP contribution in [0, 0.1) is 28.6 Å². The van der Waals surface area contributed by atoms with E-state index >= 15 is 0 Å². The van der Waals surface area contributed by atoms with E-state index in [1.165, 1.54) is 12.8 Å². The fourth-order valence-electron chi connectivity index (χ4n) is 8.48. The number of nitriles is 1. The number of aromatic nitrogens is 5. The van der Waals surface area contributed by atoms with Crippen LogP contribution >= 0.6 is 11.3 Å². The van der Waals surface area contributed by atoms with Gasteiger partial charge < -0.3 is 20.0 Å². The van der Waals surface area contributed by atoms with Crippen molar-refractivity contribution in [3.05, 3.63) is 66.5 Å². The number of anilines is 2. The number of hydrogen-bond donors (Lipinski definition) is 2. The molecule has 284 valence electrons. The van der Waals surface area contributed by atoms with E-state index in [2.05, 4.69) is 58.3 Å². The molecule has 0 bridgehead atoms. The van der Waals surface area contributed by atoms with Gasteiger partial charge in [0, 0.05) is 70.5 Å². The number of rotatable bonds is 9. The summed E-state index contributed by atoms with van der Waals surface area (Å²) in [6, 6.07) is 9.87. The fraction of sp³-hybridized carbons (Fsp3) is 0.450. The molecule has 2 N–H and O–H groups in total. The first-order valence-corrected chi connectivity index (χ1v) is 19.9. The molecule has 8 heterocycles. The van der Waals surface area contributed by atoms with Gasteiger partial charge in [0.25, 0.3) is 0 Å². The number of carbonyl (C=O) groups excluding carboxylic acids is 2. The molecule has 4 aromatic heterocycles. The minimum absolute atomic E-state index is 0.212. The van der Waals surface area contributed by atoms with Gasteiger partial charge in [0.2, 0.25) is 16.9 Å². The smallest absolute Gasteiger partial charge is 0.234 e. The van der Waals surface area contributed by atoms with Crippen molar-refractivity contribution in [3.8, 4) is 28.0 Å². The van der Waals surface area contributed by atoms with Gasteiger partial charge >= 0.3 is 0 Å². The van der Waals surface area contributed by atoms with Crippen molar-refractivity contribution in [1.29, 1.82) is 5.26 Å². The summed E-state index contributed by atoms with van der Waals surface area (Å²) in [6.45, 7) is 11.5. The van der Waals surface area contributed by atoms with Crippen molar-refractivity contribution >= 4 is 45.3 Å². The number of amides is 2. The highest BCUT2D eigenvalue weighted by atomic mass is 32.1. The topological polar surface area (TPSA) is 160 Å². The Morgan fingerprint density at radius 1 is 1.11 bits per heavy atom. The summed E-state index contributed by atoms with van der Waals surface area (Å²) in [4.78, 5) is 40.4. The van der Waals surface area contributed by atoms with Gasteiger partial charge in [-0.3, -0.25) is 24.9 Å². The Bertz CT molecular complexity index is 2210. The zero-order valence-electron chi connectivity index (χ0n) is 31.4. The van der Waals surface area contributed by atoms with Crippen LogP contribution in [-0.2, 0) is 9.59 Å². The van der Waals surface area contributed by atoms with Gasteiger partial charge in [0.05, 0.1) is 40.1 Å². The summed E-state index contributed by atoms with van der Waals surface area (Å²) in [5, 5.41) is 30.4. The van der Waals surface area contributed by atoms with E-state index in [1.807, 2.05) is 56.7 Å². The van der Waals surface area contributed by atoms with Crippen molar-refractivity contribution in [3.63, 3.8) is 0 Å². The second-order valence-corrected chi connectivity index (χ2v) is 16.2. The first-order chi connectivity index (χ1) is 26.7. The molecule has 4 saturated heterocycles. The van der Waals surface area contributed by atoms with Gasteiger partial charge in [-0.1, -0.05) is 24.0 Å². The third-order valence-corrected chi connectivity index (χ3v) is 12.8. The van der Waals surface area contributed by atoms with Crippen LogP contribution in [0.2, 0.25) is 0 Å². The van der Waals surface area contributed by atoms with E-state index in [4.69, 9.17) is 4.98 Å². The summed E-state index contributed by atoms with van der Waals surface area (Å²) in [6.07, 6.45) is 12.8. The van der Waals surface area contributed by atoms with E-state index < -0.39 is 0 Å². The first-order valence-electron chi connectivity index (χ1n) is 19.0. The van der Waals surface area contributed by atoms with Crippen LogP contribution in [0.25, 0.3) is 27.5 Å². The summed E-state index contributed by atoms with van der Waals surface area (Å²) >= 11 is 1.61. The van der Waals surface area contributed by atoms with E-state index in [-0.39, 0.29) is 17.7 Å². The molecule has 4 aliphatic heterocycles. The number of pyridine rings is 1. The zero-order valence-corrected chi connectivity index (χ0v) is 32.2. The Labute approximate surface area is 324 Å². The van der Waals surface area contributed by atoms with Crippen molar-refractivity contribution in [2.24, 2.45) is 22.2 Å². The molecule has 0 unspecified atom stereocenters. The summed E-state index contributed by atoms with van der Waals surface area (Å²) in [7, 11) is 3.71. The van der Waals surface area contributed by atoms with Gasteiger partial charge in [-0.2, -0.15) is 10.4 Å². The molecule has 8 rings (SSSR count). The maximum Gasteiger partial charge on any atom is 0.234 e. The Balaban J connectivity index is 0.801. The van der Waals surface area contributed by atoms with Crippen LogP contribution in [0.15, 0.2) is 66.0 Å². The average molecular weight is 759 g/mol. The number of likely N-dealkylation sites (tertiary alicyclic amines) is 2. The molecule has 1 atom stereocenters. The molecule has 0 radical (unpaired) electrons. The minimum atomic E-state index is -0.361. The van der Waals surface area contributed by atoms with Crippen LogP contribution in [0.4, 0.5) is 10.8 Å². The number of nitrogens with zero attached hydrogens (tertiary/aromatic N) is 10. The first kappa shape index (κ1) is 36.5. The number of carbonyl (C=O) groups is 2. The van der Waals surface area contributed by atoms with E-state index in [0.717, 1.165) is 103 Å². The summed E-state index contributed by atoms with van der Waals surface area (Å²) in [5.41, 5.74) is 5.88. The lowest BCUT2D eigenvalue weighted by molar-refractivity contribution is -0.135. The average Bonchev–Trinajstić information content (AvgIpc) is 3.85. The van der Waals surface area contributed by atoms with Crippen LogP contribution in [0.5, 0.6) is 0 Å². The van der Waals surface area contributed by atoms with Crippen LogP contribution in [0.3, 0.4) is 0 Å². The molecule has 4 aliphatic rings. The molecule has 4 fully saturated rings. The van der Waals surface area contributed by atoms with Crippen molar-refractivity contribution in [2.45, 2.75) is 38.5 Å². The predicted molar refractivity (Wildman–Crippen MR) is 214 cm³/mol. The number of piperidine rings is 3. The highest BCUT2D eigenvalue weighted by Gasteiger charge is 2.46. The van der Waals surface area contributed by atoms with E-state index in [1.54, 1.807) is 22.0 Å². The van der Waals surface area contributed by atoms with Gasteiger partial charge in [-0.25, -0.2) is 4.52 Å². The molecule has 15 heteroatoms. The van der Waals surface area contributed by atoms with E-state index in [0.29, 0.717) is 35.3 Å². The highest BCUT2D eigenvalue weighted by molar-refractivity contribution is 7.18. The Morgan fingerprint density at radius 3 is 2.64 bits per heavy atom. The molecule has 55 heavy (non-hydrogen) atoms. The van der Waals surface area contributed by atoms with Crippen molar-refractivity contribution in [1.82, 2.24) is 39.9 Å².